The first-order valence-electron chi connectivity index (χ1n) is 16.5. The van der Waals surface area contributed by atoms with Crippen LogP contribution in [0.25, 0.3) is 11.1 Å². The molecule has 47 heavy (non-hydrogen) atoms. The quantitative estimate of drug-likeness (QED) is 0.0417. The van der Waals surface area contributed by atoms with Gasteiger partial charge in [-0.05, 0) is 85.9 Å². The van der Waals surface area contributed by atoms with Crippen LogP contribution < -0.4 is 9.47 Å². The molecule has 1 aliphatic heterocycles. The molecule has 1 heterocycles. The van der Waals surface area contributed by atoms with Gasteiger partial charge in [-0.3, -0.25) is 0 Å². The number of carbonyl (C=O) groups excluding carboxylic acids is 2. The van der Waals surface area contributed by atoms with E-state index >= 15 is 0 Å². The van der Waals surface area contributed by atoms with Crippen molar-refractivity contribution in [3.05, 3.63) is 83.4 Å². The Hall–Kier alpha value is -4.50. The van der Waals surface area contributed by atoms with Gasteiger partial charge in [-0.1, -0.05) is 69.9 Å². The van der Waals surface area contributed by atoms with E-state index in [1.54, 1.807) is 13.0 Å². The number of rotatable bonds is 13. The Balaban J connectivity index is 1.45. The van der Waals surface area contributed by atoms with E-state index in [2.05, 4.69) is 25.6 Å². The summed E-state index contributed by atoms with van der Waals surface area (Å²) < 4.78 is 22.0. The second kappa shape index (κ2) is 15.4. The van der Waals surface area contributed by atoms with Gasteiger partial charge in [0.25, 0.3) is 0 Å². The Morgan fingerprint density at radius 2 is 1.72 bits per heavy atom. The molecule has 2 fully saturated rings. The molecular formula is C38H44O9. The standard InChI is InChI=1S/C38H44O9/c1-4-5-6-7-8-24-9-11-25(12-10-24)26-13-15-27(16-14-26)29-20-34(46-37(42)30-19-28(39)17-18-32(30)40)31(35-22-44-38(43)47-35)21-33(29)45-36(41)23(2)3/h13-21,24-25,35,37,39-40,42H,2,4-12,22H2,1,3H3. The number of aromatic hydroxyl groups is 2. The van der Waals surface area contributed by atoms with Crippen LogP contribution >= 0.6 is 0 Å². The van der Waals surface area contributed by atoms with Crippen molar-refractivity contribution in [2.75, 3.05) is 6.61 Å². The van der Waals surface area contributed by atoms with E-state index in [0.29, 0.717) is 11.5 Å². The lowest BCUT2D eigenvalue weighted by molar-refractivity contribution is -0.130. The Kier molecular flexibility index (Phi) is 11.1. The molecule has 0 spiro atoms. The number of aliphatic hydroxyl groups is 1. The summed E-state index contributed by atoms with van der Waals surface area (Å²) in [5.41, 5.74) is 2.86. The fraction of sp³-hybridized carbons (Fsp3) is 0.421. The first-order chi connectivity index (χ1) is 22.6. The number of phenols is 2. The van der Waals surface area contributed by atoms with Crippen LogP contribution in [0.15, 0.2) is 66.7 Å². The van der Waals surface area contributed by atoms with Crippen molar-refractivity contribution in [2.24, 2.45) is 5.92 Å². The lowest BCUT2D eigenvalue weighted by Gasteiger charge is -2.29. The summed E-state index contributed by atoms with van der Waals surface area (Å²) in [4.78, 5) is 24.6. The van der Waals surface area contributed by atoms with Gasteiger partial charge < -0.3 is 34.3 Å². The third-order valence-electron chi connectivity index (χ3n) is 9.12. The number of hydrogen-bond acceptors (Lipinski definition) is 9. The third kappa shape index (κ3) is 8.46. The number of ether oxygens (including phenoxy) is 4. The second-order valence-corrected chi connectivity index (χ2v) is 12.6. The van der Waals surface area contributed by atoms with Gasteiger partial charge in [-0.15, -0.1) is 0 Å². The maximum Gasteiger partial charge on any atom is 0.509 e. The van der Waals surface area contributed by atoms with Crippen molar-refractivity contribution in [1.29, 1.82) is 0 Å². The molecule has 1 saturated heterocycles. The topological polar surface area (TPSA) is 132 Å². The molecule has 2 unspecified atom stereocenters. The van der Waals surface area contributed by atoms with Gasteiger partial charge in [0.15, 0.2) is 6.10 Å². The van der Waals surface area contributed by atoms with Crippen LogP contribution in [0.3, 0.4) is 0 Å². The Bertz CT molecular complexity index is 1570. The number of carbonyl (C=O) groups is 2. The van der Waals surface area contributed by atoms with Crippen molar-refractivity contribution in [1.82, 2.24) is 0 Å². The predicted molar refractivity (Wildman–Crippen MR) is 176 cm³/mol. The maximum atomic E-state index is 12.7. The van der Waals surface area contributed by atoms with Crippen molar-refractivity contribution < 1.29 is 43.9 Å². The fourth-order valence-electron chi connectivity index (χ4n) is 6.41. The summed E-state index contributed by atoms with van der Waals surface area (Å²) in [7, 11) is 0. The van der Waals surface area contributed by atoms with E-state index in [1.807, 2.05) is 12.1 Å². The molecule has 9 nitrogen and oxygen atoms in total. The van der Waals surface area contributed by atoms with Crippen LogP contribution in [-0.2, 0) is 14.3 Å². The molecule has 250 valence electrons. The normalized spacial score (nSPS) is 19.8. The fourth-order valence-corrected chi connectivity index (χ4v) is 6.41. The van der Waals surface area contributed by atoms with Gasteiger partial charge in [-0.2, -0.15) is 0 Å². The van der Waals surface area contributed by atoms with E-state index < -0.39 is 24.5 Å². The molecule has 0 radical (unpaired) electrons. The summed E-state index contributed by atoms with van der Waals surface area (Å²) in [6.45, 7) is 7.35. The zero-order valence-electron chi connectivity index (χ0n) is 27.1. The summed E-state index contributed by atoms with van der Waals surface area (Å²) in [5, 5.41) is 31.3. The molecule has 0 bridgehead atoms. The largest absolute Gasteiger partial charge is 0.509 e. The average Bonchev–Trinajstić information content (AvgIpc) is 3.50. The first-order valence-corrected chi connectivity index (χ1v) is 16.5. The average molecular weight is 645 g/mol. The third-order valence-corrected chi connectivity index (χ3v) is 9.12. The number of hydrogen-bond donors (Lipinski definition) is 3. The van der Waals surface area contributed by atoms with Crippen LogP contribution in [0, 0.1) is 5.92 Å². The smallest absolute Gasteiger partial charge is 0.508 e. The van der Waals surface area contributed by atoms with Crippen LogP contribution in [-0.4, -0.2) is 34.1 Å². The number of unbranched alkanes of at least 4 members (excludes halogenated alkanes) is 3. The van der Waals surface area contributed by atoms with Gasteiger partial charge in [0, 0.05) is 16.7 Å². The molecular weight excluding hydrogens is 600 g/mol. The number of cyclic esters (lactones) is 2. The van der Waals surface area contributed by atoms with Gasteiger partial charge in [-0.25, -0.2) is 9.59 Å². The first kappa shape index (κ1) is 33.9. The minimum atomic E-state index is -1.71. The molecule has 3 aromatic carbocycles. The summed E-state index contributed by atoms with van der Waals surface area (Å²) in [6, 6.07) is 14.9. The molecule has 3 N–H and O–H groups in total. The lowest BCUT2D eigenvalue weighted by atomic mass is 9.77. The Morgan fingerprint density at radius 1 is 0.979 bits per heavy atom. The zero-order valence-corrected chi connectivity index (χ0v) is 27.1. The number of phenolic OH excluding ortho intramolecular Hbond substituents is 2. The molecule has 5 rings (SSSR count). The number of esters is 1. The molecule has 2 atom stereocenters. The van der Waals surface area contributed by atoms with Crippen molar-refractivity contribution in [3.63, 3.8) is 0 Å². The molecule has 0 amide bonds. The molecule has 9 heteroatoms. The maximum absolute atomic E-state index is 12.7. The lowest BCUT2D eigenvalue weighted by Crippen LogP contribution is -2.14. The van der Waals surface area contributed by atoms with E-state index in [9.17, 15) is 24.9 Å². The highest BCUT2D eigenvalue weighted by Crippen LogP contribution is 2.44. The molecule has 2 aliphatic rings. The zero-order chi connectivity index (χ0) is 33.5. The molecule has 1 aliphatic carbocycles. The predicted octanol–water partition coefficient (Wildman–Crippen LogP) is 8.77. The number of benzene rings is 3. The number of aliphatic hydroxyl groups excluding tert-OH is 1. The van der Waals surface area contributed by atoms with E-state index in [-0.39, 0.29) is 46.3 Å². The highest BCUT2D eigenvalue weighted by Gasteiger charge is 2.32. The van der Waals surface area contributed by atoms with E-state index in [1.165, 1.54) is 74.8 Å². The van der Waals surface area contributed by atoms with Crippen molar-refractivity contribution >= 4 is 12.1 Å². The van der Waals surface area contributed by atoms with Crippen LogP contribution in [0.4, 0.5) is 4.79 Å². The Labute approximate surface area is 275 Å². The van der Waals surface area contributed by atoms with E-state index in [4.69, 9.17) is 18.9 Å². The second-order valence-electron chi connectivity index (χ2n) is 12.6. The highest BCUT2D eigenvalue weighted by molar-refractivity contribution is 5.90. The highest BCUT2D eigenvalue weighted by atomic mass is 16.8. The van der Waals surface area contributed by atoms with Crippen LogP contribution in [0.2, 0.25) is 0 Å². The van der Waals surface area contributed by atoms with Gasteiger partial charge >= 0.3 is 12.1 Å². The Morgan fingerprint density at radius 3 is 2.38 bits per heavy atom. The SMILES string of the molecule is C=C(C)C(=O)Oc1cc(C2COC(=O)O2)c(OC(O)c2cc(O)ccc2O)cc1-c1ccc(C2CCC(CCCCCC)CC2)cc1. The minimum Gasteiger partial charge on any atom is -0.508 e. The monoisotopic (exact) mass is 644 g/mol. The van der Waals surface area contributed by atoms with Crippen LogP contribution in [0.5, 0.6) is 23.0 Å². The van der Waals surface area contributed by atoms with Gasteiger partial charge in [0.05, 0.1) is 5.56 Å². The van der Waals surface area contributed by atoms with E-state index in [0.717, 1.165) is 24.3 Å². The minimum absolute atomic E-state index is 0.0741. The molecule has 1 saturated carbocycles. The molecule has 0 aromatic heterocycles. The summed E-state index contributed by atoms with van der Waals surface area (Å²) >= 11 is 0. The van der Waals surface area contributed by atoms with Crippen molar-refractivity contribution in [3.8, 4) is 34.1 Å². The summed E-state index contributed by atoms with van der Waals surface area (Å²) in [6.07, 6.45) is 7.84. The van der Waals surface area contributed by atoms with Crippen LogP contribution in [0.1, 0.15) is 107 Å². The van der Waals surface area contributed by atoms with Gasteiger partial charge in [0.1, 0.15) is 29.6 Å². The molecule has 3 aromatic rings. The van der Waals surface area contributed by atoms with Gasteiger partial charge in [0.2, 0.25) is 6.29 Å². The van der Waals surface area contributed by atoms with Crippen molar-refractivity contribution in [2.45, 2.75) is 89.9 Å². The summed E-state index contributed by atoms with van der Waals surface area (Å²) in [5.74, 6) is 0.456.